The van der Waals surface area contributed by atoms with E-state index >= 15 is 0 Å². The zero-order valence-corrected chi connectivity index (χ0v) is 36.4. The molecule has 3 N–H and O–H groups in total. The standard InChI is InChI=1S/C47H64N4O6Si/c1-7-41(57-58(46(3,4)5,35-24-15-10-16-25-35)36-26-17-11-18-27-36)40(52)30-20-12-19-28-37-42(53)50-47(6,8-2)45(56)49-38(32-31-34-22-13-9-14-23-34)44(55)51-33-21-29-39(51)43(54)48-37/h9-11,13-18,22-27,37-39,41H,7-8,12,19-21,28-33H2,1-6H3,(H,48,54)(H,49,56)(H,50,53)/t37-,38-,39+,41-,47-/m0/s1. The monoisotopic (exact) mass is 808 g/mol. The molecular formula is C47H64N4O6Si. The van der Waals surface area contributed by atoms with Crippen LogP contribution in [-0.4, -0.2) is 78.9 Å². The van der Waals surface area contributed by atoms with Crippen molar-refractivity contribution in [3.05, 3.63) is 96.6 Å². The number of hydrogen-bond donors (Lipinski definition) is 3. The summed E-state index contributed by atoms with van der Waals surface area (Å²) in [4.78, 5) is 71.2. The first-order valence-corrected chi connectivity index (χ1v) is 23.2. The van der Waals surface area contributed by atoms with E-state index in [-0.39, 0.29) is 29.1 Å². The highest BCUT2D eigenvalue weighted by Gasteiger charge is 2.52. The Morgan fingerprint density at radius 2 is 1.41 bits per heavy atom. The minimum Gasteiger partial charge on any atom is -0.397 e. The molecule has 2 saturated heterocycles. The number of benzene rings is 3. The summed E-state index contributed by atoms with van der Waals surface area (Å²) in [7, 11) is -2.93. The maximum Gasteiger partial charge on any atom is 0.262 e. The molecule has 3 aromatic rings. The molecular weight excluding hydrogens is 745 g/mol. The van der Waals surface area contributed by atoms with Gasteiger partial charge in [-0.2, -0.15) is 0 Å². The molecule has 312 valence electrons. The first kappa shape index (κ1) is 44.5. The molecule has 2 aliphatic rings. The number of nitrogens with one attached hydrogen (secondary N) is 3. The molecule has 2 fully saturated rings. The molecule has 4 amide bonds. The van der Waals surface area contributed by atoms with Crippen molar-refractivity contribution in [1.29, 1.82) is 0 Å². The van der Waals surface area contributed by atoms with Gasteiger partial charge in [-0.3, -0.25) is 24.0 Å². The molecule has 0 saturated carbocycles. The number of carbonyl (C=O) groups excluding carboxylic acids is 5. The van der Waals surface area contributed by atoms with Crippen LogP contribution >= 0.6 is 0 Å². The van der Waals surface area contributed by atoms with Crippen LogP contribution in [0.3, 0.4) is 0 Å². The molecule has 0 spiro atoms. The quantitative estimate of drug-likeness (QED) is 0.125. The summed E-state index contributed by atoms with van der Waals surface area (Å²) in [6.07, 6.45) is 4.81. The van der Waals surface area contributed by atoms with Crippen molar-refractivity contribution in [1.82, 2.24) is 20.9 Å². The van der Waals surface area contributed by atoms with Crippen molar-refractivity contribution in [2.24, 2.45) is 0 Å². The molecule has 58 heavy (non-hydrogen) atoms. The minimum absolute atomic E-state index is 0.0605. The van der Waals surface area contributed by atoms with Crippen LogP contribution in [0.15, 0.2) is 91.0 Å². The van der Waals surface area contributed by atoms with Gasteiger partial charge in [0.2, 0.25) is 23.6 Å². The van der Waals surface area contributed by atoms with Crippen molar-refractivity contribution in [3.8, 4) is 0 Å². The van der Waals surface area contributed by atoms with E-state index in [1.165, 1.54) is 0 Å². The smallest absolute Gasteiger partial charge is 0.262 e. The minimum atomic E-state index is -2.93. The van der Waals surface area contributed by atoms with E-state index in [9.17, 15) is 24.0 Å². The molecule has 0 unspecified atom stereocenters. The number of nitrogens with zero attached hydrogens (tertiary/aromatic N) is 1. The Kier molecular flexibility index (Phi) is 15.3. The zero-order valence-electron chi connectivity index (χ0n) is 35.4. The third-order valence-corrected chi connectivity index (χ3v) is 17.2. The van der Waals surface area contributed by atoms with Gasteiger partial charge in [-0.1, -0.05) is 138 Å². The van der Waals surface area contributed by atoms with Crippen LogP contribution in [-0.2, 0) is 34.8 Å². The fourth-order valence-electron chi connectivity index (χ4n) is 8.50. The van der Waals surface area contributed by atoms with E-state index in [0.717, 1.165) is 15.9 Å². The van der Waals surface area contributed by atoms with Gasteiger partial charge in [0.15, 0.2) is 5.78 Å². The van der Waals surface area contributed by atoms with E-state index in [2.05, 4.69) is 61.0 Å². The maximum absolute atomic E-state index is 14.0. The first-order valence-electron chi connectivity index (χ1n) is 21.3. The average molecular weight is 809 g/mol. The first-order chi connectivity index (χ1) is 27.7. The normalized spacial score (nSPS) is 22.5. The number of hydrogen-bond acceptors (Lipinski definition) is 6. The summed E-state index contributed by atoms with van der Waals surface area (Å²) in [6.45, 7) is 12.5. The van der Waals surface area contributed by atoms with Crippen LogP contribution in [0.1, 0.15) is 111 Å². The van der Waals surface area contributed by atoms with Gasteiger partial charge in [0.25, 0.3) is 8.32 Å². The van der Waals surface area contributed by atoms with Crippen molar-refractivity contribution in [3.63, 3.8) is 0 Å². The van der Waals surface area contributed by atoms with Gasteiger partial charge in [0, 0.05) is 13.0 Å². The molecule has 5 atom stereocenters. The van der Waals surface area contributed by atoms with E-state index < -0.39 is 49.9 Å². The second-order valence-corrected chi connectivity index (χ2v) is 21.5. The molecule has 0 aliphatic carbocycles. The van der Waals surface area contributed by atoms with Crippen molar-refractivity contribution in [2.45, 2.75) is 147 Å². The van der Waals surface area contributed by atoms with E-state index in [1.807, 2.05) is 80.6 Å². The van der Waals surface area contributed by atoms with E-state index in [4.69, 9.17) is 4.43 Å². The van der Waals surface area contributed by atoms with Crippen molar-refractivity contribution in [2.75, 3.05) is 6.54 Å². The highest BCUT2D eigenvalue weighted by molar-refractivity contribution is 6.99. The second-order valence-electron chi connectivity index (χ2n) is 17.2. The van der Waals surface area contributed by atoms with Crippen molar-refractivity contribution < 1.29 is 28.4 Å². The van der Waals surface area contributed by atoms with Crippen LogP contribution in [0.4, 0.5) is 0 Å². The van der Waals surface area contributed by atoms with Crippen LogP contribution in [0.2, 0.25) is 5.04 Å². The summed E-state index contributed by atoms with van der Waals surface area (Å²) in [5.41, 5.74) is -0.263. The lowest BCUT2D eigenvalue weighted by atomic mass is 9.94. The number of carbonyl (C=O) groups is 5. The SMILES string of the molecule is CC[C@H](O[Si](c1ccccc1)(c1ccccc1)C(C)(C)C)C(=O)CCCCC[C@@H]1NC(=O)[C@H]2CCCN2C(=O)[C@H](CCc2ccccc2)NC(=O)[C@](C)(CC)NC1=O. The lowest BCUT2D eigenvalue weighted by Gasteiger charge is -2.44. The number of fused-ring (bicyclic) bond motifs is 1. The van der Waals surface area contributed by atoms with Crippen LogP contribution in [0.5, 0.6) is 0 Å². The molecule has 11 heteroatoms. The molecule has 3 aromatic carbocycles. The summed E-state index contributed by atoms with van der Waals surface area (Å²) >= 11 is 0. The van der Waals surface area contributed by atoms with Crippen LogP contribution in [0.25, 0.3) is 0 Å². The Morgan fingerprint density at radius 3 is 1.98 bits per heavy atom. The number of aryl methyl sites for hydroxylation is 1. The van der Waals surface area contributed by atoms with Gasteiger partial charge in [-0.05, 0) is 79.3 Å². The second kappa shape index (κ2) is 19.9. The zero-order chi connectivity index (χ0) is 41.9. The summed E-state index contributed by atoms with van der Waals surface area (Å²) in [6, 6.07) is 27.9. The molecule has 5 rings (SSSR count). The van der Waals surface area contributed by atoms with E-state index in [1.54, 1.807) is 11.8 Å². The van der Waals surface area contributed by atoms with Gasteiger partial charge in [0.1, 0.15) is 29.8 Å². The van der Waals surface area contributed by atoms with Crippen LogP contribution < -0.4 is 26.3 Å². The summed E-state index contributed by atoms with van der Waals surface area (Å²) < 4.78 is 7.18. The lowest BCUT2D eigenvalue weighted by Crippen LogP contribution is -2.68. The van der Waals surface area contributed by atoms with Crippen LogP contribution in [0, 0.1) is 0 Å². The molecule has 2 heterocycles. The van der Waals surface area contributed by atoms with Gasteiger partial charge < -0.3 is 25.3 Å². The van der Waals surface area contributed by atoms with E-state index in [0.29, 0.717) is 70.8 Å². The fraction of sp³-hybridized carbons (Fsp3) is 0.511. The third-order valence-electron chi connectivity index (χ3n) is 12.1. The predicted molar refractivity (Wildman–Crippen MR) is 231 cm³/mol. The molecule has 0 radical (unpaired) electrons. The number of Topliss-reactive ketones (excluding diaryl/α,β-unsaturated/α-hetero) is 1. The number of unbranched alkanes of at least 4 members (excludes halogenated alkanes) is 2. The number of rotatable bonds is 16. The molecule has 0 bridgehead atoms. The van der Waals surface area contributed by atoms with Gasteiger partial charge in [-0.25, -0.2) is 0 Å². The third kappa shape index (κ3) is 10.3. The fourth-order valence-corrected chi connectivity index (χ4v) is 13.2. The molecule has 0 aromatic heterocycles. The average Bonchev–Trinajstić information content (AvgIpc) is 3.72. The summed E-state index contributed by atoms with van der Waals surface area (Å²) in [5, 5.41) is 10.9. The Hall–Kier alpha value is -4.61. The predicted octanol–water partition coefficient (Wildman–Crippen LogP) is 5.75. The highest BCUT2D eigenvalue weighted by atomic mass is 28.4. The van der Waals surface area contributed by atoms with Gasteiger partial charge in [0.05, 0.1) is 0 Å². The van der Waals surface area contributed by atoms with Gasteiger partial charge >= 0.3 is 0 Å². The Morgan fingerprint density at radius 1 is 0.810 bits per heavy atom. The maximum atomic E-state index is 14.0. The number of amides is 4. The molecule has 2 aliphatic heterocycles. The Bertz CT molecular complexity index is 1810. The molecule has 10 nitrogen and oxygen atoms in total. The highest BCUT2D eigenvalue weighted by Crippen LogP contribution is 2.38. The largest absolute Gasteiger partial charge is 0.397 e. The Labute approximate surface area is 346 Å². The van der Waals surface area contributed by atoms with Gasteiger partial charge in [-0.15, -0.1) is 0 Å². The lowest BCUT2D eigenvalue weighted by molar-refractivity contribution is -0.145. The number of ketones is 1. The van der Waals surface area contributed by atoms with Crippen molar-refractivity contribution >= 4 is 48.1 Å². The summed E-state index contributed by atoms with van der Waals surface area (Å²) in [5.74, 6) is -1.45. The topological polar surface area (TPSA) is 134 Å². The Balaban J connectivity index is 1.25.